The van der Waals surface area contributed by atoms with Gasteiger partial charge in [0.05, 0.1) is 12.1 Å². The normalized spacial score (nSPS) is 13.7. The quantitative estimate of drug-likeness (QED) is 0.913. The van der Waals surface area contributed by atoms with Gasteiger partial charge < -0.3 is 10.2 Å². The maximum Gasteiger partial charge on any atom is 0.233 e. The topological polar surface area (TPSA) is 62.3 Å². The summed E-state index contributed by atoms with van der Waals surface area (Å²) in [6.45, 7) is 8.32. The third-order valence-corrected chi connectivity index (χ3v) is 5.09. The summed E-state index contributed by atoms with van der Waals surface area (Å²) in [7, 11) is 0. The van der Waals surface area contributed by atoms with E-state index in [1.165, 1.54) is 16.9 Å². The molecule has 0 fully saturated rings. The summed E-state index contributed by atoms with van der Waals surface area (Å²) in [5.74, 6) is -0.0316. The van der Waals surface area contributed by atoms with Crippen molar-refractivity contribution in [3.05, 3.63) is 40.4 Å². The molecule has 0 bridgehead atoms. The van der Waals surface area contributed by atoms with Crippen LogP contribution in [-0.2, 0) is 22.4 Å². The van der Waals surface area contributed by atoms with Crippen LogP contribution in [0.4, 0.5) is 10.8 Å². The lowest BCUT2D eigenvalue weighted by atomic mass is 9.96. The smallest absolute Gasteiger partial charge is 0.233 e. The number of benzene rings is 1. The van der Waals surface area contributed by atoms with Crippen LogP contribution in [0.2, 0.25) is 0 Å². The van der Waals surface area contributed by atoms with Gasteiger partial charge in [0.15, 0.2) is 5.13 Å². The molecule has 132 valence electrons. The van der Waals surface area contributed by atoms with Gasteiger partial charge in [-0.2, -0.15) is 0 Å². The van der Waals surface area contributed by atoms with E-state index in [1.54, 1.807) is 0 Å². The number of aromatic nitrogens is 1. The van der Waals surface area contributed by atoms with E-state index >= 15 is 0 Å². The Morgan fingerprint density at radius 3 is 2.80 bits per heavy atom. The fraction of sp³-hybridized carbons (Fsp3) is 0.421. The van der Waals surface area contributed by atoms with Crippen molar-refractivity contribution in [2.45, 2.75) is 40.5 Å². The summed E-state index contributed by atoms with van der Waals surface area (Å²) in [6.07, 6.45) is 1.14. The number of hydrogen-bond donors (Lipinski definition) is 1. The molecule has 0 saturated heterocycles. The summed E-state index contributed by atoms with van der Waals surface area (Å²) in [5.41, 5.74) is 3.62. The first-order valence-electron chi connectivity index (χ1n) is 8.40. The largest absolute Gasteiger partial charge is 0.311 e. The van der Waals surface area contributed by atoms with Crippen LogP contribution in [0.5, 0.6) is 0 Å². The molecule has 0 spiro atoms. The van der Waals surface area contributed by atoms with E-state index in [1.807, 2.05) is 50.1 Å². The van der Waals surface area contributed by atoms with E-state index in [0.29, 0.717) is 10.8 Å². The number of aryl methyl sites for hydroxylation is 1. The highest BCUT2D eigenvalue weighted by Gasteiger charge is 2.27. The van der Waals surface area contributed by atoms with Crippen LogP contribution in [0, 0.1) is 12.3 Å². The Kier molecular flexibility index (Phi) is 4.64. The number of amides is 2. The first-order chi connectivity index (χ1) is 11.8. The fourth-order valence-electron chi connectivity index (χ4n) is 2.88. The van der Waals surface area contributed by atoms with Crippen molar-refractivity contribution < 1.29 is 9.59 Å². The van der Waals surface area contributed by atoms with Crippen LogP contribution >= 0.6 is 11.3 Å². The van der Waals surface area contributed by atoms with Gasteiger partial charge in [-0.1, -0.05) is 39.0 Å². The molecule has 2 amide bonds. The lowest BCUT2D eigenvalue weighted by Gasteiger charge is -2.19. The molecule has 3 rings (SSSR count). The van der Waals surface area contributed by atoms with E-state index < -0.39 is 5.41 Å². The highest BCUT2D eigenvalue weighted by atomic mass is 32.1. The Labute approximate surface area is 152 Å². The molecule has 0 unspecified atom stereocenters. The first-order valence-corrected chi connectivity index (χ1v) is 9.28. The van der Waals surface area contributed by atoms with Crippen molar-refractivity contribution >= 4 is 34.0 Å². The van der Waals surface area contributed by atoms with Crippen LogP contribution in [0.15, 0.2) is 23.6 Å². The minimum absolute atomic E-state index is 0.0482. The summed E-state index contributed by atoms with van der Waals surface area (Å²) >= 11 is 1.35. The molecule has 0 radical (unpaired) electrons. The van der Waals surface area contributed by atoms with Gasteiger partial charge in [0.25, 0.3) is 0 Å². The third kappa shape index (κ3) is 3.74. The van der Waals surface area contributed by atoms with Gasteiger partial charge in [-0.05, 0) is 24.5 Å². The second-order valence-electron chi connectivity index (χ2n) is 7.40. The Bertz CT molecular complexity index is 820. The summed E-state index contributed by atoms with van der Waals surface area (Å²) in [4.78, 5) is 31.0. The number of hydrogen-bond acceptors (Lipinski definition) is 4. The molecule has 0 aliphatic carbocycles. The Balaban J connectivity index is 1.69. The molecule has 25 heavy (non-hydrogen) atoms. The molecular weight excluding hydrogens is 334 g/mol. The number of para-hydroxylation sites is 1. The van der Waals surface area contributed by atoms with Gasteiger partial charge >= 0.3 is 0 Å². The molecular formula is C19H23N3O2S. The molecule has 0 atom stereocenters. The first kappa shape index (κ1) is 17.6. The van der Waals surface area contributed by atoms with Crippen LogP contribution < -0.4 is 10.2 Å². The highest BCUT2D eigenvalue weighted by molar-refractivity contribution is 7.13. The number of thiazole rings is 1. The monoisotopic (exact) mass is 357 g/mol. The predicted octanol–water partition coefficient (Wildman–Crippen LogP) is 3.57. The van der Waals surface area contributed by atoms with Gasteiger partial charge in [-0.3, -0.25) is 9.59 Å². The van der Waals surface area contributed by atoms with E-state index in [2.05, 4.69) is 16.4 Å². The van der Waals surface area contributed by atoms with Crippen molar-refractivity contribution in [2.75, 3.05) is 16.8 Å². The van der Waals surface area contributed by atoms with Crippen molar-refractivity contribution in [1.82, 2.24) is 4.98 Å². The summed E-state index contributed by atoms with van der Waals surface area (Å²) < 4.78 is 0. The van der Waals surface area contributed by atoms with Crippen molar-refractivity contribution in [3.8, 4) is 0 Å². The van der Waals surface area contributed by atoms with E-state index in [4.69, 9.17) is 0 Å². The van der Waals surface area contributed by atoms with Crippen LogP contribution in [0.1, 0.15) is 37.6 Å². The summed E-state index contributed by atoms with van der Waals surface area (Å²) in [5, 5.41) is 5.19. The maximum atomic E-state index is 12.7. The standard InChI is InChI=1S/C19H23N3O2S/c1-12-6-5-7-13-8-9-22(16(12)13)15(23)10-14-11-25-18(20-14)21-17(24)19(2,3)4/h5-7,11H,8-10H2,1-4H3,(H,20,21,24). The Morgan fingerprint density at radius 2 is 2.08 bits per heavy atom. The van der Waals surface area contributed by atoms with Crippen molar-refractivity contribution in [3.63, 3.8) is 0 Å². The molecule has 0 saturated carbocycles. The lowest BCUT2D eigenvalue weighted by molar-refractivity contribution is -0.123. The molecule has 6 heteroatoms. The number of nitrogens with zero attached hydrogens (tertiary/aromatic N) is 2. The van der Waals surface area contributed by atoms with E-state index in [0.717, 1.165) is 24.2 Å². The Hall–Kier alpha value is -2.21. The Morgan fingerprint density at radius 1 is 1.32 bits per heavy atom. The number of carbonyl (C=O) groups excluding carboxylic acids is 2. The number of anilines is 2. The zero-order valence-corrected chi connectivity index (χ0v) is 15.9. The highest BCUT2D eigenvalue weighted by Crippen LogP contribution is 2.32. The molecule has 1 N–H and O–H groups in total. The van der Waals surface area contributed by atoms with Gasteiger partial charge in [-0.15, -0.1) is 11.3 Å². The fourth-order valence-corrected chi connectivity index (χ4v) is 3.59. The predicted molar refractivity (Wildman–Crippen MR) is 101 cm³/mol. The molecule has 2 aromatic rings. The maximum absolute atomic E-state index is 12.7. The van der Waals surface area contributed by atoms with E-state index in [-0.39, 0.29) is 18.2 Å². The lowest BCUT2D eigenvalue weighted by Crippen LogP contribution is -2.31. The second-order valence-corrected chi connectivity index (χ2v) is 8.26. The van der Waals surface area contributed by atoms with Crippen molar-refractivity contribution in [2.24, 2.45) is 5.41 Å². The molecule has 1 aromatic carbocycles. The SMILES string of the molecule is Cc1cccc2c1N(C(=O)Cc1csc(NC(=O)C(C)(C)C)n1)CC2. The number of nitrogens with one attached hydrogen (secondary N) is 1. The average molecular weight is 357 g/mol. The zero-order chi connectivity index (χ0) is 18.2. The second kappa shape index (κ2) is 6.59. The number of carbonyl (C=O) groups is 2. The van der Waals surface area contributed by atoms with Crippen LogP contribution in [0.25, 0.3) is 0 Å². The van der Waals surface area contributed by atoms with Crippen LogP contribution in [0.3, 0.4) is 0 Å². The molecule has 1 aliphatic rings. The molecule has 2 heterocycles. The minimum Gasteiger partial charge on any atom is -0.311 e. The van der Waals surface area contributed by atoms with Crippen LogP contribution in [-0.4, -0.2) is 23.3 Å². The number of fused-ring (bicyclic) bond motifs is 1. The molecule has 5 nitrogen and oxygen atoms in total. The third-order valence-electron chi connectivity index (χ3n) is 4.28. The van der Waals surface area contributed by atoms with E-state index in [9.17, 15) is 9.59 Å². The minimum atomic E-state index is -0.474. The molecule has 1 aliphatic heterocycles. The van der Waals surface area contributed by atoms with Gasteiger partial charge in [0.1, 0.15) is 0 Å². The zero-order valence-electron chi connectivity index (χ0n) is 15.0. The van der Waals surface area contributed by atoms with Gasteiger partial charge in [0, 0.05) is 23.0 Å². The number of rotatable bonds is 3. The summed E-state index contributed by atoms with van der Waals surface area (Å²) in [6, 6.07) is 6.15. The van der Waals surface area contributed by atoms with Gasteiger partial charge in [-0.25, -0.2) is 4.98 Å². The molecule has 1 aromatic heterocycles. The van der Waals surface area contributed by atoms with Crippen molar-refractivity contribution in [1.29, 1.82) is 0 Å². The van der Waals surface area contributed by atoms with Gasteiger partial charge in [0.2, 0.25) is 11.8 Å². The average Bonchev–Trinajstić information content (AvgIpc) is 3.14.